The van der Waals surface area contributed by atoms with E-state index >= 15 is 0 Å². The van der Waals surface area contributed by atoms with Crippen molar-refractivity contribution in [2.75, 3.05) is 18.0 Å². The minimum Gasteiger partial charge on any atom is -0.484 e. The van der Waals surface area contributed by atoms with Crippen LogP contribution in [0.2, 0.25) is 0 Å². The summed E-state index contributed by atoms with van der Waals surface area (Å²) in [6.45, 7) is 5.56. The molecule has 21 heavy (non-hydrogen) atoms. The molecule has 1 N–H and O–H groups in total. The maximum atomic E-state index is 11.4. The maximum Gasteiger partial charge on any atom is 0.333 e. The fraction of sp³-hybridized carbons (Fsp3) is 0.500. The number of hydrogen-bond acceptors (Lipinski definition) is 5. The topological polar surface area (TPSA) is 92.9 Å². The van der Waals surface area contributed by atoms with Gasteiger partial charge < -0.3 is 14.7 Å². The van der Waals surface area contributed by atoms with E-state index in [-0.39, 0.29) is 29.8 Å². The van der Waals surface area contributed by atoms with E-state index in [1.54, 1.807) is 26.0 Å². The zero-order valence-corrected chi connectivity index (χ0v) is 12.4. The highest BCUT2D eigenvalue weighted by Gasteiger charge is 2.26. The van der Waals surface area contributed by atoms with Gasteiger partial charge in [-0.3, -0.25) is 14.9 Å². The summed E-state index contributed by atoms with van der Waals surface area (Å²) in [5.41, 5.74) is 0.0725. The number of hydrogen-bond donors (Lipinski definition) is 1. The molecule has 0 bridgehead atoms. The molecule has 0 atom stereocenters. The fourth-order valence-electron chi connectivity index (χ4n) is 2.02. The van der Waals surface area contributed by atoms with Crippen LogP contribution < -0.4 is 9.64 Å². The van der Waals surface area contributed by atoms with Crippen LogP contribution in [0.5, 0.6) is 5.75 Å². The lowest BCUT2D eigenvalue weighted by atomic mass is 10.2. The van der Waals surface area contributed by atoms with Crippen LogP contribution >= 0.6 is 0 Å². The van der Waals surface area contributed by atoms with Gasteiger partial charge in [-0.2, -0.15) is 0 Å². The number of benzene rings is 1. The number of nitrogens with zero attached hydrogens (tertiary/aromatic N) is 2. The third-order valence-corrected chi connectivity index (χ3v) is 2.68. The number of aliphatic carboxylic acids is 1. The van der Waals surface area contributed by atoms with Gasteiger partial charge in [-0.1, -0.05) is 13.0 Å². The Morgan fingerprint density at radius 3 is 2.62 bits per heavy atom. The van der Waals surface area contributed by atoms with E-state index in [0.29, 0.717) is 13.0 Å². The normalized spacial score (nSPS) is 10.5. The van der Waals surface area contributed by atoms with Crippen LogP contribution in [0.25, 0.3) is 0 Å². The van der Waals surface area contributed by atoms with Crippen LogP contribution in [-0.2, 0) is 4.79 Å². The predicted octanol–water partition coefficient (Wildman–Crippen LogP) is 2.68. The Morgan fingerprint density at radius 1 is 1.48 bits per heavy atom. The Kier molecular flexibility index (Phi) is 5.95. The maximum absolute atomic E-state index is 11.4. The largest absolute Gasteiger partial charge is 0.484 e. The van der Waals surface area contributed by atoms with Gasteiger partial charge in [0.05, 0.1) is 11.0 Å². The van der Waals surface area contributed by atoms with Crippen molar-refractivity contribution in [3.05, 3.63) is 28.3 Å². The van der Waals surface area contributed by atoms with Gasteiger partial charge in [-0.15, -0.1) is 0 Å². The quantitative estimate of drug-likeness (QED) is 0.585. The molecule has 0 radical (unpaired) electrons. The van der Waals surface area contributed by atoms with E-state index in [1.165, 1.54) is 11.0 Å². The molecule has 1 aromatic rings. The third-order valence-electron chi connectivity index (χ3n) is 2.68. The fourth-order valence-corrected chi connectivity index (χ4v) is 2.02. The highest BCUT2D eigenvalue weighted by atomic mass is 16.6. The molecule has 7 nitrogen and oxygen atoms in total. The summed E-state index contributed by atoms with van der Waals surface area (Å²) in [4.78, 5) is 23.3. The Labute approximate surface area is 123 Å². The molecule has 1 aromatic carbocycles. The lowest BCUT2D eigenvalue weighted by Gasteiger charge is -2.23. The molecule has 0 unspecified atom stereocenters. The van der Waals surface area contributed by atoms with Crippen molar-refractivity contribution in [1.82, 2.24) is 0 Å². The minimum atomic E-state index is -1.03. The second-order valence-corrected chi connectivity index (χ2v) is 4.86. The molecule has 0 saturated carbocycles. The van der Waals surface area contributed by atoms with Gasteiger partial charge in [0.15, 0.2) is 5.75 Å². The average Bonchev–Trinajstić information content (AvgIpc) is 2.36. The Hall–Kier alpha value is -2.31. The summed E-state index contributed by atoms with van der Waals surface area (Å²) >= 11 is 0. The predicted molar refractivity (Wildman–Crippen MR) is 79.0 cm³/mol. The molecular weight excluding hydrogens is 276 g/mol. The van der Waals surface area contributed by atoms with Crippen LogP contribution in [0, 0.1) is 10.1 Å². The van der Waals surface area contributed by atoms with Crippen LogP contribution in [0.1, 0.15) is 27.2 Å². The summed E-state index contributed by atoms with van der Waals surface area (Å²) in [5.74, 6) is -0.882. The van der Waals surface area contributed by atoms with Gasteiger partial charge in [0.1, 0.15) is 12.2 Å². The first-order valence-electron chi connectivity index (χ1n) is 6.77. The van der Waals surface area contributed by atoms with Crippen molar-refractivity contribution in [2.24, 2.45) is 0 Å². The molecular formula is C14H20N2O5. The minimum absolute atomic E-state index is 0.152. The Bertz CT molecular complexity index is 516. The van der Waals surface area contributed by atoms with Gasteiger partial charge in [-0.25, -0.2) is 0 Å². The number of carboxylic acids is 1. The van der Waals surface area contributed by atoms with Crippen molar-refractivity contribution in [1.29, 1.82) is 0 Å². The zero-order valence-electron chi connectivity index (χ0n) is 12.4. The number of carboxylic acid groups (broad SMARTS) is 1. The molecule has 0 aromatic heterocycles. The molecule has 0 aliphatic carbocycles. The average molecular weight is 296 g/mol. The van der Waals surface area contributed by atoms with Gasteiger partial charge >= 0.3 is 11.7 Å². The van der Waals surface area contributed by atoms with Crippen molar-refractivity contribution >= 4 is 17.3 Å². The zero-order chi connectivity index (χ0) is 16.0. The number of rotatable bonds is 8. The van der Waals surface area contributed by atoms with Gasteiger partial charge in [0.2, 0.25) is 0 Å². The van der Waals surface area contributed by atoms with Crippen LogP contribution in [-0.4, -0.2) is 35.2 Å². The molecule has 7 heteroatoms. The van der Waals surface area contributed by atoms with E-state index in [4.69, 9.17) is 9.84 Å². The summed E-state index contributed by atoms with van der Waals surface area (Å²) in [5, 5.41) is 20.3. The standard InChI is InChI=1S/C14H20N2O5/c1-4-8-15(9-13(17)18)11-6-5-7-12(21-10(2)3)14(11)16(19)20/h5-7,10H,4,8-9H2,1-3H3,(H,17,18). The SMILES string of the molecule is CCCN(CC(=O)O)c1cccc(OC(C)C)c1[N+](=O)[O-]. The highest BCUT2D eigenvalue weighted by molar-refractivity contribution is 5.78. The highest BCUT2D eigenvalue weighted by Crippen LogP contribution is 2.37. The molecule has 0 spiro atoms. The molecule has 0 saturated heterocycles. The monoisotopic (exact) mass is 296 g/mol. The summed E-state index contributed by atoms with van der Waals surface area (Å²) in [7, 11) is 0. The van der Waals surface area contributed by atoms with Crippen LogP contribution in [0.4, 0.5) is 11.4 Å². The smallest absolute Gasteiger partial charge is 0.333 e. The number of nitro benzene ring substituents is 1. The van der Waals surface area contributed by atoms with Crippen LogP contribution in [0.15, 0.2) is 18.2 Å². The Morgan fingerprint density at radius 2 is 2.14 bits per heavy atom. The van der Waals surface area contributed by atoms with Crippen molar-refractivity contribution in [2.45, 2.75) is 33.3 Å². The first-order valence-corrected chi connectivity index (χ1v) is 6.77. The van der Waals surface area contributed by atoms with E-state index in [0.717, 1.165) is 0 Å². The number of nitro groups is 1. The van der Waals surface area contributed by atoms with Crippen molar-refractivity contribution in [3.63, 3.8) is 0 Å². The van der Waals surface area contributed by atoms with Crippen molar-refractivity contribution in [3.8, 4) is 5.75 Å². The molecule has 0 aliphatic heterocycles. The number of carbonyl (C=O) groups is 1. The second-order valence-electron chi connectivity index (χ2n) is 4.86. The van der Waals surface area contributed by atoms with Gasteiger partial charge in [0, 0.05) is 6.54 Å². The Balaban J connectivity index is 3.31. The number of ether oxygens (including phenoxy) is 1. The van der Waals surface area contributed by atoms with E-state index in [1.807, 2.05) is 6.92 Å². The lowest BCUT2D eigenvalue weighted by Crippen LogP contribution is -2.31. The van der Waals surface area contributed by atoms with E-state index in [9.17, 15) is 14.9 Å². The summed E-state index contributed by atoms with van der Waals surface area (Å²) < 4.78 is 5.46. The van der Waals surface area contributed by atoms with Crippen LogP contribution in [0.3, 0.4) is 0 Å². The second kappa shape index (κ2) is 7.47. The molecule has 0 aliphatic rings. The molecule has 0 fully saturated rings. The van der Waals surface area contributed by atoms with Gasteiger partial charge in [0.25, 0.3) is 0 Å². The number of anilines is 1. The van der Waals surface area contributed by atoms with E-state index in [2.05, 4.69) is 0 Å². The van der Waals surface area contributed by atoms with Gasteiger partial charge in [-0.05, 0) is 32.4 Å². The third kappa shape index (κ3) is 4.62. The summed E-state index contributed by atoms with van der Waals surface area (Å²) in [6, 6.07) is 4.70. The molecule has 0 heterocycles. The first kappa shape index (κ1) is 16.7. The molecule has 116 valence electrons. The lowest BCUT2D eigenvalue weighted by molar-refractivity contribution is -0.385. The van der Waals surface area contributed by atoms with E-state index < -0.39 is 10.9 Å². The molecule has 1 rings (SSSR count). The van der Waals surface area contributed by atoms with Crippen molar-refractivity contribution < 1.29 is 19.6 Å². The first-order chi connectivity index (χ1) is 9.86. The number of para-hydroxylation sites is 1. The molecule has 0 amide bonds. The summed E-state index contributed by atoms with van der Waals surface area (Å²) in [6.07, 6.45) is 0.470.